The first-order valence-corrected chi connectivity index (χ1v) is 5.09. The second-order valence-electron chi connectivity index (χ2n) is 3.50. The molecule has 0 bridgehead atoms. The van der Waals surface area contributed by atoms with E-state index in [1.165, 1.54) is 0 Å². The van der Waals surface area contributed by atoms with E-state index < -0.39 is 0 Å². The summed E-state index contributed by atoms with van der Waals surface area (Å²) in [6, 6.07) is 11.1. The fraction of sp³-hybridized carbons (Fsp3) is 0.154. The van der Waals surface area contributed by atoms with Crippen molar-refractivity contribution in [2.24, 2.45) is 0 Å². The summed E-state index contributed by atoms with van der Waals surface area (Å²) in [6.07, 6.45) is 1.70. The van der Waals surface area contributed by atoms with Crippen LogP contribution in [0.1, 0.15) is 11.3 Å². The number of hydrogen-bond acceptors (Lipinski definition) is 3. The highest BCUT2D eigenvalue weighted by atomic mass is 16.5. The lowest BCUT2D eigenvalue weighted by atomic mass is 10.2. The van der Waals surface area contributed by atoms with Gasteiger partial charge in [0.1, 0.15) is 11.5 Å². The maximum absolute atomic E-state index is 9.16. The number of aryl methyl sites for hydroxylation is 1. The lowest BCUT2D eigenvalue weighted by Gasteiger charge is -2.09. The molecule has 0 radical (unpaired) electrons. The van der Waals surface area contributed by atoms with Gasteiger partial charge in [-0.15, -0.1) is 0 Å². The van der Waals surface area contributed by atoms with Gasteiger partial charge in [0.15, 0.2) is 0 Å². The van der Waals surface area contributed by atoms with Gasteiger partial charge in [-0.2, -0.15) is 0 Å². The van der Waals surface area contributed by atoms with E-state index in [1.807, 2.05) is 37.3 Å². The molecule has 3 heteroatoms. The highest BCUT2D eigenvalue weighted by molar-refractivity contribution is 5.37. The fourth-order valence-electron chi connectivity index (χ4n) is 1.44. The Morgan fingerprint density at radius 2 is 2.06 bits per heavy atom. The molecule has 0 aliphatic rings. The molecule has 2 aromatic rings. The smallest absolute Gasteiger partial charge is 0.132 e. The van der Waals surface area contributed by atoms with Gasteiger partial charge in [-0.1, -0.05) is 18.2 Å². The molecule has 0 fully saturated rings. The zero-order valence-electron chi connectivity index (χ0n) is 9.05. The van der Waals surface area contributed by atoms with Gasteiger partial charge in [0, 0.05) is 23.5 Å². The molecule has 0 saturated heterocycles. The van der Waals surface area contributed by atoms with Gasteiger partial charge in [0.05, 0.1) is 6.61 Å². The molecule has 0 saturated carbocycles. The first-order chi connectivity index (χ1) is 7.79. The first kappa shape index (κ1) is 10.6. The van der Waals surface area contributed by atoms with Gasteiger partial charge in [-0.3, -0.25) is 4.98 Å². The second kappa shape index (κ2) is 4.77. The van der Waals surface area contributed by atoms with Crippen LogP contribution in [0.5, 0.6) is 11.5 Å². The molecule has 1 heterocycles. The Morgan fingerprint density at radius 1 is 1.25 bits per heavy atom. The minimum absolute atomic E-state index is 0.0275. The Hall–Kier alpha value is -1.87. The van der Waals surface area contributed by atoms with E-state index in [4.69, 9.17) is 9.84 Å². The van der Waals surface area contributed by atoms with Crippen molar-refractivity contribution < 1.29 is 9.84 Å². The molecule has 0 unspecified atom stereocenters. The monoisotopic (exact) mass is 215 g/mol. The number of aromatic nitrogens is 1. The summed E-state index contributed by atoms with van der Waals surface area (Å²) >= 11 is 0. The van der Waals surface area contributed by atoms with Crippen LogP contribution in [0.15, 0.2) is 42.6 Å². The van der Waals surface area contributed by atoms with E-state index >= 15 is 0 Å². The van der Waals surface area contributed by atoms with Crippen molar-refractivity contribution in [3.8, 4) is 11.5 Å². The number of aliphatic hydroxyl groups is 1. The highest BCUT2D eigenvalue weighted by Gasteiger charge is 2.03. The average Bonchev–Trinajstić information content (AvgIpc) is 2.30. The molecule has 16 heavy (non-hydrogen) atoms. The molecule has 1 aromatic carbocycles. The molecular formula is C13H13NO2. The van der Waals surface area contributed by atoms with E-state index in [9.17, 15) is 0 Å². The van der Waals surface area contributed by atoms with Gasteiger partial charge in [0.25, 0.3) is 0 Å². The zero-order chi connectivity index (χ0) is 11.4. The number of rotatable bonds is 3. The van der Waals surface area contributed by atoms with Crippen LogP contribution < -0.4 is 4.74 Å². The summed E-state index contributed by atoms with van der Waals surface area (Å²) in [4.78, 5) is 4.09. The minimum Gasteiger partial charge on any atom is -0.457 e. The summed E-state index contributed by atoms with van der Waals surface area (Å²) in [7, 11) is 0. The Kier molecular flexibility index (Phi) is 3.17. The maximum Gasteiger partial charge on any atom is 0.132 e. The summed E-state index contributed by atoms with van der Waals surface area (Å²) in [5, 5.41) is 9.16. The molecule has 1 N–H and O–H groups in total. The minimum atomic E-state index is -0.0275. The van der Waals surface area contributed by atoms with Crippen molar-refractivity contribution in [1.82, 2.24) is 4.98 Å². The maximum atomic E-state index is 9.16. The van der Waals surface area contributed by atoms with E-state index in [-0.39, 0.29) is 6.61 Å². The number of hydrogen-bond donors (Lipinski definition) is 1. The summed E-state index contributed by atoms with van der Waals surface area (Å²) in [6.45, 7) is 1.88. The summed E-state index contributed by atoms with van der Waals surface area (Å²) in [5.41, 5.74) is 1.68. The van der Waals surface area contributed by atoms with Crippen molar-refractivity contribution in [3.05, 3.63) is 53.9 Å². The van der Waals surface area contributed by atoms with Crippen molar-refractivity contribution in [3.63, 3.8) is 0 Å². The highest BCUT2D eigenvalue weighted by Crippen LogP contribution is 2.25. The van der Waals surface area contributed by atoms with E-state index in [0.29, 0.717) is 5.75 Å². The normalized spacial score (nSPS) is 10.1. The molecule has 2 rings (SSSR count). The van der Waals surface area contributed by atoms with Gasteiger partial charge >= 0.3 is 0 Å². The predicted molar refractivity (Wildman–Crippen MR) is 61.4 cm³/mol. The Morgan fingerprint density at radius 3 is 2.81 bits per heavy atom. The van der Waals surface area contributed by atoms with E-state index in [2.05, 4.69) is 4.98 Å². The Bertz CT molecular complexity index is 483. The summed E-state index contributed by atoms with van der Waals surface area (Å²) in [5.74, 6) is 1.41. The molecule has 0 atom stereocenters. The van der Waals surface area contributed by atoms with E-state index in [1.54, 1.807) is 12.3 Å². The Balaban J connectivity index is 2.26. The quantitative estimate of drug-likeness (QED) is 0.855. The number of pyridine rings is 1. The predicted octanol–water partition coefficient (Wildman–Crippen LogP) is 2.67. The largest absolute Gasteiger partial charge is 0.457 e. The number of ether oxygens (including phenoxy) is 1. The third-order valence-corrected chi connectivity index (χ3v) is 2.24. The molecule has 3 nitrogen and oxygen atoms in total. The van der Waals surface area contributed by atoms with Crippen LogP contribution in [0.25, 0.3) is 0 Å². The van der Waals surface area contributed by atoms with Gasteiger partial charge in [-0.05, 0) is 19.1 Å². The zero-order valence-corrected chi connectivity index (χ0v) is 9.05. The van der Waals surface area contributed by atoms with Crippen molar-refractivity contribution in [2.75, 3.05) is 0 Å². The van der Waals surface area contributed by atoms with Crippen molar-refractivity contribution in [2.45, 2.75) is 13.5 Å². The van der Waals surface area contributed by atoms with Crippen LogP contribution in [0.3, 0.4) is 0 Å². The standard InChI is InChI=1S/C13H13NO2/c1-10-8-12(6-7-14-10)16-13-5-3-2-4-11(13)9-15/h2-8,15H,9H2,1H3. The van der Waals surface area contributed by atoms with Crippen LogP contribution >= 0.6 is 0 Å². The molecular weight excluding hydrogens is 202 g/mol. The molecule has 0 amide bonds. The lowest BCUT2D eigenvalue weighted by molar-refractivity contribution is 0.276. The molecule has 0 spiro atoms. The van der Waals surface area contributed by atoms with Crippen LogP contribution in [0.4, 0.5) is 0 Å². The number of para-hydroxylation sites is 1. The first-order valence-electron chi connectivity index (χ1n) is 5.09. The molecule has 0 aliphatic heterocycles. The molecule has 0 aliphatic carbocycles. The summed E-state index contributed by atoms with van der Waals surface area (Å²) < 4.78 is 5.68. The fourth-order valence-corrected chi connectivity index (χ4v) is 1.44. The van der Waals surface area contributed by atoms with Crippen LogP contribution in [0.2, 0.25) is 0 Å². The lowest BCUT2D eigenvalue weighted by Crippen LogP contribution is -1.92. The van der Waals surface area contributed by atoms with Gasteiger partial charge in [-0.25, -0.2) is 0 Å². The number of nitrogens with zero attached hydrogens (tertiary/aromatic N) is 1. The SMILES string of the molecule is Cc1cc(Oc2ccccc2CO)ccn1. The number of benzene rings is 1. The Labute approximate surface area is 94.3 Å². The third kappa shape index (κ3) is 2.38. The average molecular weight is 215 g/mol. The topological polar surface area (TPSA) is 42.4 Å². The third-order valence-electron chi connectivity index (χ3n) is 2.24. The van der Waals surface area contributed by atoms with Crippen molar-refractivity contribution in [1.29, 1.82) is 0 Å². The molecule has 82 valence electrons. The van der Waals surface area contributed by atoms with Crippen LogP contribution in [-0.2, 0) is 6.61 Å². The van der Waals surface area contributed by atoms with Gasteiger partial charge < -0.3 is 9.84 Å². The van der Waals surface area contributed by atoms with Gasteiger partial charge in [0.2, 0.25) is 0 Å². The van der Waals surface area contributed by atoms with Crippen molar-refractivity contribution >= 4 is 0 Å². The van der Waals surface area contributed by atoms with E-state index in [0.717, 1.165) is 17.0 Å². The second-order valence-corrected chi connectivity index (χ2v) is 3.50. The van der Waals surface area contributed by atoms with Crippen LogP contribution in [0, 0.1) is 6.92 Å². The number of aliphatic hydroxyl groups excluding tert-OH is 1. The van der Waals surface area contributed by atoms with Crippen LogP contribution in [-0.4, -0.2) is 10.1 Å². The molecule has 1 aromatic heterocycles.